The van der Waals surface area contributed by atoms with Crippen LogP contribution in [0.5, 0.6) is 17.2 Å². The number of rotatable bonds is 6. The van der Waals surface area contributed by atoms with E-state index in [2.05, 4.69) is 10.1 Å². The van der Waals surface area contributed by atoms with Gasteiger partial charge >= 0.3 is 0 Å². The van der Waals surface area contributed by atoms with Crippen molar-refractivity contribution in [2.24, 2.45) is 10.1 Å². The standard InChI is InChI=1S/C26H23N5O5S/c27-24-19(25(33)28-26-31(24)29-22(37-26)13-23(32)30-9-1-2-10-30)11-16-3-6-18(7-4-16)34-14-17-5-8-20-21(12-17)36-15-35-20/h3-8,11-12,27H,1-2,9-10,13-15H2. The lowest BCUT2D eigenvalue weighted by molar-refractivity contribution is -0.128. The fourth-order valence-corrected chi connectivity index (χ4v) is 5.21. The molecular formula is C26H23N5O5S. The van der Waals surface area contributed by atoms with Crippen LogP contribution in [-0.4, -0.2) is 57.7 Å². The average molecular weight is 518 g/mol. The zero-order valence-corrected chi connectivity index (χ0v) is 20.6. The molecule has 4 heterocycles. The summed E-state index contributed by atoms with van der Waals surface area (Å²) in [6.45, 7) is 2.13. The molecular weight excluding hydrogens is 494 g/mol. The first-order valence-corrected chi connectivity index (χ1v) is 12.7. The quantitative estimate of drug-likeness (QED) is 0.582. The number of ether oxygens (including phenoxy) is 3. The highest BCUT2D eigenvalue weighted by Gasteiger charge is 2.36. The largest absolute Gasteiger partial charge is 0.489 e. The number of nitrogens with zero attached hydrogens (tertiary/aromatic N) is 4. The molecule has 4 aliphatic rings. The van der Waals surface area contributed by atoms with Gasteiger partial charge in [-0.15, -0.1) is 0 Å². The maximum Gasteiger partial charge on any atom is 0.283 e. The van der Waals surface area contributed by atoms with Crippen LogP contribution >= 0.6 is 11.8 Å². The van der Waals surface area contributed by atoms with E-state index >= 15 is 0 Å². The molecule has 0 atom stereocenters. The molecule has 0 saturated carbocycles. The smallest absolute Gasteiger partial charge is 0.283 e. The van der Waals surface area contributed by atoms with Gasteiger partial charge in [-0.2, -0.15) is 15.1 Å². The number of hydrazone groups is 1. The van der Waals surface area contributed by atoms with E-state index < -0.39 is 5.91 Å². The van der Waals surface area contributed by atoms with Gasteiger partial charge in [0.15, 0.2) is 17.3 Å². The molecule has 2 aromatic rings. The number of fused-ring (bicyclic) bond motifs is 2. The lowest BCUT2D eigenvalue weighted by Crippen LogP contribution is -2.35. The van der Waals surface area contributed by atoms with Gasteiger partial charge < -0.3 is 19.1 Å². The van der Waals surface area contributed by atoms with Gasteiger partial charge in [-0.25, -0.2) is 0 Å². The summed E-state index contributed by atoms with van der Waals surface area (Å²) in [7, 11) is 0. The molecule has 0 spiro atoms. The van der Waals surface area contributed by atoms with Crippen LogP contribution in [0.25, 0.3) is 6.08 Å². The zero-order valence-electron chi connectivity index (χ0n) is 19.8. The van der Waals surface area contributed by atoms with Crippen molar-refractivity contribution in [3.63, 3.8) is 0 Å². The number of hydrogen-bond acceptors (Lipinski definition) is 8. The number of thioether (sulfide) groups is 1. The van der Waals surface area contributed by atoms with E-state index in [1.54, 1.807) is 18.2 Å². The highest BCUT2D eigenvalue weighted by atomic mass is 32.2. The summed E-state index contributed by atoms with van der Waals surface area (Å²) in [4.78, 5) is 31.1. The Labute approximate surface area is 217 Å². The predicted molar refractivity (Wildman–Crippen MR) is 139 cm³/mol. The number of nitrogens with one attached hydrogen (secondary N) is 1. The lowest BCUT2D eigenvalue weighted by atomic mass is 10.1. The SMILES string of the molecule is N=C1C(=Cc2ccc(OCc3ccc4c(c3)OCO4)cc2)C(=O)N=C2SC(CC(=O)N3CCCC3)=NN12. The second kappa shape index (κ2) is 9.74. The van der Waals surface area contributed by atoms with Crippen molar-refractivity contribution < 1.29 is 23.8 Å². The van der Waals surface area contributed by atoms with Crippen LogP contribution in [0.3, 0.4) is 0 Å². The zero-order chi connectivity index (χ0) is 25.4. The van der Waals surface area contributed by atoms with Gasteiger partial charge in [0.05, 0.1) is 12.0 Å². The molecule has 1 saturated heterocycles. The Kier molecular flexibility index (Phi) is 6.13. The molecule has 2 amide bonds. The highest BCUT2D eigenvalue weighted by molar-refractivity contribution is 8.27. The molecule has 0 aliphatic carbocycles. The molecule has 37 heavy (non-hydrogen) atoms. The number of benzene rings is 2. The van der Waals surface area contributed by atoms with Gasteiger partial charge in [0.2, 0.25) is 17.9 Å². The predicted octanol–water partition coefficient (Wildman–Crippen LogP) is 3.63. The first-order valence-electron chi connectivity index (χ1n) is 11.9. The van der Waals surface area contributed by atoms with Gasteiger partial charge in [0, 0.05) is 13.1 Å². The summed E-state index contributed by atoms with van der Waals surface area (Å²) >= 11 is 1.17. The maximum absolute atomic E-state index is 12.7. The van der Waals surface area contributed by atoms with Crippen molar-refractivity contribution in [2.75, 3.05) is 19.9 Å². The summed E-state index contributed by atoms with van der Waals surface area (Å²) < 4.78 is 16.6. The Morgan fingerprint density at radius 2 is 1.89 bits per heavy atom. The molecule has 0 aromatic heterocycles. The third-order valence-electron chi connectivity index (χ3n) is 6.29. The van der Waals surface area contributed by atoms with E-state index in [1.807, 2.05) is 35.2 Å². The van der Waals surface area contributed by atoms with Crippen molar-refractivity contribution in [2.45, 2.75) is 25.9 Å². The third-order valence-corrected chi connectivity index (χ3v) is 7.20. The molecule has 6 rings (SSSR count). The second-order valence-electron chi connectivity index (χ2n) is 8.82. The lowest BCUT2D eigenvalue weighted by Gasteiger charge is -2.20. The number of amidine groups is 2. The van der Waals surface area contributed by atoms with E-state index in [0.717, 1.165) is 42.8 Å². The summed E-state index contributed by atoms with van der Waals surface area (Å²) in [5.74, 6) is 1.55. The fourth-order valence-electron chi connectivity index (χ4n) is 4.34. The molecule has 10 nitrogen and oxygen atoms in total. The van der Waals surface area contributed by atoms with E-state index in [0.29, 0.717) is 28.3 Å². The molecule has 188 valence electrons. The topological polar surface area (TPSA) is 117 Å². The Hall–Kier alpha value is -4.12. The number of carbonyl (C=O) groups excluding carboxylic acids is 2. The summed E-state index contributed by atoms with van der Waals surface area (Å²) in [5, 5.41) is 15.1. The molecule has 0 unspecified atom stereocenters. The molecule has 2 aromatic carbocycles. The van der Waals surface area contributed by atoms with E-state index in [9.17, 15) is 9.59 Å². The van der Waals surface area contributed by atoms with Gasteiger partial charge in [-0.1, -0.05) is 18.2 Å². The van der Waals surface area contributed by atoms with Gasteiger partial charge in [0.25, 0.3) is 5.91 Å². The average Bonchev–Trinajstić information content (AvgIpc) is 3.67. The normalized spacial score (nSPS) is 19.3. The van der Waals surface area contributed by atoms with Gasteiger partial charge in [-0.3, -0.25) is 15.0 Å². The summed E-state index contributed by atoms with van der Waals surface area (Å²) in [6.07, 6.45) is 3.80. The maximum atomic E-state index is 12.7. The number of aliphatic imine (C=N–C) groups is 1. The number of amides is 2. The van der Waals surface area contributed by atoms with Crippen molar-refractivity contribution in [1.82, 2.24) is 9.91 Å². The van der Waals surface area contributed by atoms with Crippen molar-refractivity contribution in [3.05, 3.63) is 59.2 Å². The van der Waals surface area contributed by atoms with Crippen LogP contribution in [0.1, 0.15) is 30.4 Å². The number of hydrogen-bond donors (Lipinski definition) is 1. The van der Waals surface area contributed by atoms with Crippen LogP contribution in [0.15, 0.2) is 58.1 Å². The van der Waals surface area contributed by atoms with Crippen LogP contribution in [0.2, 0.25) is 0 Å². The van der Waals surface area contributed by atoms with E-state index in [4.69, 9.17) is 19.6 Å². The van der Waals surface area contributed by atoms with Crippen LogP contribution in [0.4, 0.5) is 0 Å². The number of carbonyl (C=O) groups is 2. The molecule has 0 radical (unpaired) electrons. The molecule has 0 bridgehead atoms. The second-order valence-corrected chi connectivity index (χ2v) is 9.86. The fraction of sp³-hybridized carbons (Fsp3) is 0.269. The van der Waals surface area contributed by atoms with Crippen molar-refractivity contribution >= 4 is 45.7 Å². The Morgan fingerprint density at radius 3 is 2.70 bits per heavy atom. The minimum Gasteiger partial charge on any atom is -0.489 e. The molecule has 11 heteroatoms. The molecule has 1 N–H and O–H groups in total. The Balaban J connectivity index is 1.11. The minimum absolute atomic E-state index is 0.0126. The van der Waals surface area contributed by atoms with Crippen molar-refractivity contribution in [3.8, 4) is 17.2 Å². The van der Waals surface area contributed by atoms with Crippen LogP contribution in [0, 0.1) is 5.41 Å². The van der Waals surface area contributed by atoms with Gasteiger partial charge in [-0.05, 0) is 66.1 Å². The van der Waals surface area contributed by atoms with Gasteiger partial charge in [0.1, 0.15) is 17.4 Å². The summed E-state index contributed by atoms with van der Waals surface area (Å²) in [6, 6.07) is 12.9. The van der Waals surface area contributed by atoms with Crippen molar-refractivity contribution in [1.29, 1.82) is 5.41 Å². The number of likely N-dealkylation sites (tertiary alicyclic amines) is 1. The summed E-state index contributed by atoms with van der Waals surface area (Å²) in [5.41, 5.74) is 1.81. The minimum atomic E-state index is -0.505. The Morgan fingerprint density at radius 1 is 1.11 bits per heavy atom. The Bertz CT molecular complexity index is 1380. The van der Waals surface area contributed by atoms with Crippen LogP contribution < -0.4 is 14.2 Å². The van der Waals surface area contributed by atoms with Crippen LogP contribution in [-0.2, 0) is 16.2 Å². The molecule has 1 fully saturated rings. The molecule has 4 aliphatic heterocycles. The van der Waals surface area contributed by atoms with E-state index in [-0.39, 0.29) is 30.5 Å². The first kappa shape index (κ1) is 23.3. The highest BCUT2D eigenvalue weighted by Crippen LogP contribution is 2.33. The monoisotopic (exact) mass is 517 g/mol. The third kappa shape index (κ3) is 4.82. The first-order chi connectivity index (χ1) is 18.0. The van der Waals surface area contributed by atoms with E-state index in [1.165, 1.54) is 16.8 Å².